The standard InChI is InChI=1S/C27H27ClN2OS/c1-27(2,31)25-18-30(26(29-25)16-13-20-7-4-5-10-24(20)28)22-14-11-19(12-15-22)21-8-6-9-23(17-21)32-3/h4-12,14-15,17-18,31H,13,16H2,1-3H3. The SMILES string of the molecule is CSc1cccc(-c2ccc(-n3cc(C(C)(C)O)nc3CCc3ccccc3Cl)cc2)c1. The second-order valence-corrected chi connectivity index (χ2v) is 9.63. The molecule has 3 aromatic carbocycles. The van der Waals surface area contributed by atoms with E-state index in [0.717, 1.165) is 34.9 Å². The zero-order valence-electron chi connectivity index (χ0n) is 18.5. The van der Waals surface area contributed by atoms with E-state index < -0.39 is 5.60 Å². The maximum Gasteiger partial charge on any atom is 0.113 e. The van der Waals surface area contributed by atoms with Crippen molar-refractivity contribution >= 4 is 23.4 Å². The van der Waals surface area contributed by atoms with Gasteiger partial charge in [0.15, 0.2) is 0 Å². The molecule has 1 N–H and O–H groups in total. The van der Waals surface area contributed by atoms with Gasteiger partial charge in [-0.25, -0.2) is 4.98 Å². The van der Waals surface area contributed by atoms with E-state index in [4.69, 9.17) is 16.6 Å². The number of thioether (sulfide) groups is 1. The van der Waals surface area contributed by atoms with Crippen LogP contribution in [0.3, 0.4) is 0 Å². The Morgan fingerprint density at radius 1 is 0.938 bits per heavy atom. The van der Waals surface area contributed by atoms with Gasteiger partial charge in [-0.15, -0.1) is 11.8 Å². The predicted octanol–water partition coefficient (Wildman–Crippen LogP) is 6.93. The number of imidazole rings is 1. The van der Waals surface area contributed by atoms with E-state index in [0.29, 0.717) is 5.69 Å². The van der Waals surface area contributed by atoms with Crippen LogP contribution in [-0.2, 0) is 18.4 Å². The molecule has 1 heterocycles. The van der Waals surface area contributed by atoms with Gasteiger partial charge in [-0.1, -0.05) is 54.1 Å². The lowest BCUT2D eigenvalue weighted by molar-refractivity contribution is 0.0741. The maximum atomic E-state index is 10.5. The van der Waals surface area contributed by atoms with Crippen LogP contribution in [0.5, 0.6) is 0 Å². The molecular weight excluding hydrogens is 436 g/mol. The first-order valence-corrected chi connectivity index (χ1v) is 12.2. The molecule has 0 aliphatic rings. The first-order chi connectivity index (χ1) is 15.3. The molecule has 0 radical (unpaired) electrons. The van der Waals surface area contributed by atoms with Crippen LogP contribution in [0.1, 0.15) is 30.9 Å². The van der Waals surface area contributed by atoms with E-state index in [1.54, 1.807) is 25.6 Å². The van der Waals surface area contributed by atoms with Crippen molar-refractivity contribution in [2.45, 2.75) is 37.2 Å². The molecule has 0 saturated heterocycles. The van der Waals surface area contributed by atoms with Gasteiger partial charge in [0, 0.05) is 28.2 Å². The van der Waals surface area contributed by atoms with Crippen molar-refractivity contribution in [3.05, 3.63) is 101 Å². The van der Waals surface area contributed by atoms with Crippen LogP contribution >= 0.6 is 23.4 Å². The summed E-state index contributed by atoms with van der Waals surface area (Å²) in [7, 11) is 0. The van der Waals surface area contributed by atoms with Gasteiger partial charge >= 0.3 is 0 Å². The summed E-state index contributed by atoms with van der Waals surface area (Å²) in [5, 5.41) is 11.3. The fourth-order valence-corrected chi connectivity index (χ4v) is 4.37. The summed E-state index contributed by atoms with van der Waals surface area (Å²) in [6, 6.07) is 24.9. The van der Waals surface area contributed by atoms with Crippen LogP contribution in [0.2, 0.25) is 5.02 Å². The van der Waals surface area contributed by atoms with Crippen molar-refractivity contribution in [2.75, 3.05) is 6.26 Å². The number of benzene rings is 3. The highest BCUT2D eigenvalue weighted by atomic mass is 35.5. The first-order valence-electron chi connectivity index (χ1n) is 10.6. The van der Waals surface area contributed by atoms with E-state index in [9.17, 15) is 5.11 Å². The zero-order valence-corrected chi connectivity index (χ0v) is 20.1. The van der Waals surface area contributed by atoms with Crippen molar-refractivity contribution in [1.82, 2.24) is 9.55 Å². The number of aromatic nitrogens is 2. The van der Waals surface area contributed by atoms with E-state index >= 15 is 0 Å². The summed E-state index contributed by atoms with van der Waals surface area (Å²) in [6.07, 6.45) is 5.52. The summed E-state index contributed by atoms with van der Waals surface area (Å²) < 4.78 is 2.08. The van der Waals surface area contributed by atoms with Crippen molar-refractivity contribution in [3.63, 3.8) is 0 Å². The molecule has 0 unspecified atom stereocenters. The van der Waals surface area contributed by atoms with Gasteiger partial charge in [0.05, 0.1) is 5.69 Å². The highest BCUT2D eigenvalue weighted by Crippen LogP contribution is 2.27. The van der Waals surface area contributed by atoms with Gasteiger partial charge in [0.2, 0.25) is 0 Å². The number of nitrogens with zero attached hydrogens (tertiary/aromatic N) is 2. The van der Waals surface area contributed by atoms with Crippen LogP contribution in [-0.4, -0.2) is 20.9 Å². The van der Waals surface area contributed by atoms with Crippen LogP contribution in [0, 0.1) is 0 Å². The van der Waals surface area contributed by atoms with E-state index in [1.807, 2.05) is 30.5 Å². The largest absolute Gasteiger partial charge is 0.384 e. The number of rotatable bonds is 7. The van der Waals surface area contributed by atoms with Crippen molar-refractivity contribution in [1.29, 1.82) is 0 Å². The Morgan fingerprint density at radius 3 is 2.38 bits per heavy atom. The topological polar surface area (TPSA) is 38.0 Å². The summed E-state index contributed by atoms with van der Waals surface area (Å²) in [5.74, 6) is 0.902. The fraction of sp³-hybridized carbons (Fsp3) is 0.222. The number of aryl methyl sites for hydroxylation is 2. The highest BCUT2D eigenvalue weighted by Gasteiger charge is 2.22. The van der Waals surface area contributed by atoms with Crippen LogP contribution in [0.15, 0.2) is 83.9 Å². The Morgan fingerprint density at radius 2 is 1.69 bits per heavy atom. The molecule has 0 aliphatic carbocycles. The molecule has 0 spiro atoms. The van der Waals surface area contributed by atoms with E-state index in [-0.39, 0.29) is 0 Å². The average Bonchev–Trinajstić information content (AvgIpc) is 3.24. The molecule has 4 aromatic rings. The summed E-state index contributed by atoms with van der Waals surface area (Å²) in [6.45, 7) is 3.53. The average molecular weight is 463 g/mol. The Kier molecular flexibility index (Phi) is 6.75. The first kappa shape index (κ1) is 22.7. The number of hydrogen-bond acceptors (Lipinski definition) is 3. The third kappa shape index (κ3) is 5.09. The van der Waals surface area contributed by atoms with Crippen molar-refractivity contribution in [3.8, 4) is 16.8 Å². The van der Waals surface area contributed by atoms with Crippen molar-refractivity contribution in [2.24, 2.45) is 0 Å². The lowest BCUT2D eigenvalue weighted by Crippen LogP contribution is -2.16. The minimum absolute atomic E-state index is 0.656. The molecule has 32 heavy (non-hydrogen) atoms. The minimum atomic E-state index is -1.01. The van der Waals surface area contributed by atoms with Crippen LogP contribution < -0.4 is 0 Å². The zero-order chi connectivity index (χ0) is 22.7. The molecule has 3 nitrogen and oxygen atoms in total. The second-order valence-electron chi connectivity index (χ2n) is 8.34. The third-order valence-electron chi connectivity index (χ3n) is 5.53. The van der Waals surface area contributed by atoms with E-state index in [1.165, 1.54) is 16.0 Å². The quantitative estimate of drug-likeness (QED) is 0.302. The predicted molar refractivity (Wildman–Crippen MR) is 135 cm³/mol. The molecule has 0 fully saturated rings. The molecule has 0 amide bonds. The molecule has 4 rings (SSSR count). The number of hydrogen-bond donors (Lipinski definition) is 1. The smallest absolute Gasteiger partial charge is 0.113 e. The summed E-state index contributed by atoms with van der Waals surface area (Å²) in [5.41, 5.74) is 4.13. The summed E-state index contributed by atoms with van der Waals surface area (Å²) >= 11 is 8.10. The van der Waals surface area contributed by atoms with Gasteiger partial charge < -0.3 is 9.67 Å². The molecule has 0 saturated carbocycles. The van der Waals surface area contributed by atoms with Gasteiger partial charge in [-0.2, -0.15) is 0 Å². The lowest BCUT2D eigenvalue weighted by atomic mass is 10.1. The monoisotopic (exact) mass is 462 g/mol. The third-order valence-corrected chi connectivity index (χ3v) is 6.62. The Bertz CT molecular complexity index is 1210. The Balaban J connectivity index is 1.65. The molecular formula is C27H27ClN2OS. The molecule has 0 aliphatic heterocycles. The van der Waals surface area contributed by atoms with Crippen LogP contribution in [0.4, 0.5) is 0 Å². The summed E-state index contributed by atoms with van der Waals surface area (Å²) in [4.78, 5) is 6.02. The lowest BCUT2D eigenvalue weighted by Gasteiger charge is -2.13. The highest BCUT2D eigenvalue weighted by molar-refractivity contribution is 7.98. The van der Waals surface area contributed by atoms with Gasteiger partial charge in [0.25, 0.3) is 0 Å². The van der Waals surface area contributed by atoms with Gasteiger partial charge in [0.1, 0.15) is 11.4 Å². The second kappa shape index (κ2) is 9.53. The van der Waals surface area contributed by atoms with Gasteiger partial charge in [-0.3, -0.25) is 0 Å². The molecule has 0 bridgehead atoms. The van der Waals surface area contributed by atoms with Crippen molar-refractivity contribution < 1.29 is 5.11 Å². The molecule has 1 aromatic heterocycles. The number of halogens is 1. The molecule has 5 heteroatoms. The minimum Gasteiger partial charge on any atom is -0.384 e. The van der Waals surface area contributed by atoms with Crippen LogP contribution in [0.25, 0.3) is 16.8 Å². The van der Waals surface area contributed by atoms with Gasteiger partial charge in [-0.05, 0) is 73.5 Å². The normalized spacial score (nSPS) is 11.7. The Hall–Kier alpha value is -2.53. The maximum absolute atomic E-state index is 10.5. The molecule has 0 atom stereocenters. The van der Waals surface area contributed by atoms with E-state index in [2.05, 4.69) is 59.4 Å². The molecule has 164 valence electrons. The fourth-order valence-electron chi connectivity index (χ4n) is 3.68. The Labute approximate surface area is 199 Å². The number of aliphatic hydroxyl groups is 1.